The van der Waals surface area contributed by atoms with Gasteiger partial charge in [0.25, 0.3) is 0 Å². The van der Waals surface area contributed by atoms with Gasteiger partial charge >= 0.3 is 0 Å². The highest BCUT2D eigenvalue weighted by atomic mass is 127. The summed E-state index contributed by atoms with van der Waals surface area (Å²) in [7, 11) is 0. The first-order valence-corrected chi connectivity index (χ1v) is 8.26. The molecule has 1 aromatic carbocycles. The van der Waals surface area contributed by atoms with Gasteiger partial charge in [-0.3, -0.25) is 4.79 Å². The first kappa shape index (κ1) is 15.4. The molecule has 0 aliphatic heterocycles. The molecule has 4 heteroatoms. The van der Waals surface area contributed by atoms with Crippen molar-refractivity contribution in [3.63, 3.8) is 0 Å². The maximum absolute atomic E-state index is 11.7. The lowest BCUT2D eigenvalue weighted by Gasteiger charge is -2.13. The third-order valence-corrected chi connectivity index (χ3v) is 4.17. The van der Waals surface area contributed by atoms with Crippen LogP contribution in [0.2, 0.25) is 0 Å². The standard InChI is InChI=1S/C16H21IN2O/c17-14-6-8-15(9-7-14)19-12-16(20)18-11-10-13-4-2-1-3-5-13/h4,6-9,19H,1-3,5,10-12H2,(H,18,20). The van der Waals surface area contributed by atoms with Gasteiger partial charge in [0.2, 0.25) is 5.91 Å². The largest absolute Gasteiger partial charge is 0.376 e. The number of hydrogen-bond acceptors (Lipinski definition) is 2. The van der Waals surface area contributed by atoms with Crippen molar-refractivity contribution >= 4 is 34.2 Å². The molecule has 2 N–H and O–H groups in total. The van der Waals surface area contributed by atoms with Crippen LogP contribution in [0.3, 0.4) is 0 Å². The number of nitrogens with one attached hydrogen (secondary N) is 2. The minimum atomic E-state index is 0.0555. The zero-order valence-corrected chi connectivity index (χ0v) is 13.8. The number of hydrogen-bond donors (Lipinski definition) is 2. The molecule has 3 nitrogen and oxygen atoms in total. The molecular weight excluding hydrogens is 363 g/mol. The van der Waals surface area contributed by atoms with Gasteiger partial charge in [0.15, 0.2) is 0 Å². The van der Waals surface area contributed by atoms with Gasteiger partial charge in [-0.15, -0.1) is 0 Å². The summed E-state index contributed by atoms with van der Waals surface area (Å²) in [6, 6.07) is 8.02. The highest BCUT2D eigenvalue weighted by Crippen LogP contribution is 2.19. The molecule has 20 heavy (non-hydrogen) atoms. The van der Waals surface area contributed by atoms with E-state index >= 15 is 0 Å². The number of rotatable bonds is 6. The van der Waals surface area contributed by atoms with E-state index in [4.69, 9.17) is 0 Å². The van der Waals surface area contributed by atoms with Gasteiger partial charge in [-0.2, -0.15) is 0 Å². The molecule has 0 fully saturated rings. The van der Waals surface area contributed by atoms with E-state index in [-0.39, 0.29) is 5.91 Å². The van der Waals surface area contributed by atoms with E-state index in [9.17, 15) is 4.79 Å². The minimum absolute atomic E-state index is 0.0555. The Morgan fingerprint density at radius 1 is 1.20 bits per heavy atom. The smallest absolute Gasteiger partial charge is 0.239 e. The molecule has 0 saturated carbocycles. The predicted molar refractivity (Wildman–Crippen MR) is 91.8 cm³/mol. The van der Waals surface area contributed by atoms with Crippen molar-refractivity contribution in [2.24, 2.45) is 0 Å². The second-order valence-electron chi connectivity index (χ2n) is 5.07. The summed E-state index contributed by atoms with van der Waals surface area (Å²) in [6.45, 7) is 1.08. The summed E-state index contributed by atoms with van der Waals surface area (Å²) in [5.41, 5.74) is 2.48. The molecule has 0 saturated heterocycles. The first-order chi connectivity index (χ1) is 9.74. The van der Waals surface area contributed by atoms with Crippen molar-refractivity contribution in [1.29, 1.82) is 0 Å². The summed E-state index contributed by atoms with van der Waals surface area (Å²) in [5.74, 6) is 0.0555. The number of amides is 1. The first-order valence-electron chi connectivity index (χ1n) is 7.18. The van der Waals surface area contributed by atoms with E-state index in [1.165, 1.54) is 34.8 Å². The lowest BCUT2D eigenvalue weighted by atomic mass is 9.97. The third kappa shape index (κ3) is 5.53. The average molecular weight is 384 g/mol. The van der Waals surface area contributed by atoms with Gasteiger partial charge in [0.05, 0.1) is 6.54 Å². The van der Waals surface area contributed by atoms with Gasteiger partial charge in [0, 0.05) is 15.8 Å². The van der Waals surface area contributed by atoms with E-state index in [1.54, 1.807) is 0 Å². The molecule has 0 spiro atoms. The molecule has 0 bridgehead atoms. The quantitative estimate of drug-likeness (QED) is 0.580. The summed E-state index contributed by atoms with van der Waals surface area (Å²) >= 11 is 2.27. The van der Waals surface area contributed by atoms with Crippen molar-refractivity contribution in [1.82, 2.24) is 5.32 Å². The zero-order chi connectivity index (χ0) is 14.2. The van der Waals surface area contributed by atoms with Crippen LogP contribution in [0.25, 0.3) is 0 Å². The molecule has 0 heterocycles. The van der Waals surface area contributed by atoms with Crippen LogP contribution >= 0.6 is 22.6 Å². The number of anilines is 1. The maximum atomic E-state index is 11.7. The fourth-order valence-electron chi connectivity index (χ4n) is 2.31. The Labute approximate surface area is 134 Å². The molecule has 0 unspecified atom stereocenters. The molecule has 1 amide bonds. The number of allylic oxidation sites excluding steroid dienone is 1. The number of halogens is 1. The molecule has 0 aromatic heterocycles. The van der Waals surface area contributed by atoms with Crippen molar-refractivity contribution in [2.75, 3.05) is 18.4 Å². The van der Waals surface area contributed by atoms with E-state index < -0.39 is 0 Å². The SMILES string of the molecule is O=C(CNc1ccc(I)cc1)NCCC1=CCCCC1. The van der Waals surface area contributed by atoms with E-state index in [2.05, 4.69) is 39.3 Å². The fourth-order valence-corrected chi connectivity index (χ4v) is 2.67. The van der Waals surface area contributed by atoms with Crippen LogP contribution in [0.1, 0.15) is 32.1 Å². The second-order valence-corrected chi connectivity index (χ2v) is 6.31. The van der Waals surface area contributed by atoms with Crippen LogP contribution in [-0.2, 0) is 4.79 Å². The zero-order valence-electron chi connectivity index (χ0n) is 11.6. The number of carbonyl (C=O) groups excluding carboxylic acids is 1. The normalized spacial score (nSPS) is 14.6. The molecule has 0 atom stereocenters. The van der Waals surface area contributed by atoms with Gasteiger partial charge in [0.1, 0.15) is 0 Å². The molecule has 0 radical (unpaired) electrons. The lowest BCUT2D eigenvalue weighted by molar-refractivity contribution is -0.119. The topological polar surface area (TPSA) is 41.1 Å². The Morgan fingerprint density at radius 3 is 2.70 bits per heavy atom. The molecule has 1 aliphatic carbocycles. The Bertz CT molecular complexity index is 468. The molecule has 108 valence electrons. The monoisotopic (exact) mass is 384 g/mol. The summed E-state index contributed by atoms with van der Waals surface area (Å²) in [6.07, 6.45) is 8.35. The van der Waals surface area contributed by atoms with Crippen LogP contribution in [0.15, 0.2) is 35.9 Å². The highest BCUT2D eigenvalue weighted by molar-refractivity contribution is 14.1. The van der Waals surface area contributed by atoms with Gasteiger partial charge in [-0.25, -0.2) is 0 Å². The van der Waals surface area contributed by atoms with Crippen LogP contribution in [0.5, 0.6) is 0 Å². The minimum Gasteiger partial charge on any atom is -0.376 e. The van der Waals surface area contributed by atoms with E-state index in [0.29, 0.717) is 6.54 Å². The van der Waals surface area contributed by atoms with Crippen LogP contribution < -0.4 is 10.6 Å². The second kappa shape index (κ2) is 8.29. The Hall–Kier alpha value is -1.04. The Balaban J connectivity index is 1.62. The number of carbonyl (C=O) groups is 1. The maximum Gasteiger partial charge on any atom is 0.239 e. The van der Waals surface area contributed by atoms with Gasteiger partial charge in [-0.1, -0.05) is 11.6 Å². The molecule has 2 rings (SSSR count). The predicted octanol–water partition coefficient (Wildman–Crippen LogP) is 3.71. The molecule has 1 aromatic rings. The fraction of sp³-hybridized carbons (Fsp3) is 0.438. The highest BCUT2D eigenvalue weighted by Gasteiger charge is 2.05. The summed E-state index contributed by atoms with van der Waals surface area (Å²) in [4.78, 5) is 11.7. The molecular formula is C16H21IN2O. The summed E-state index contributed by atoms with van der Waals surface area (Å²) < 4.78 is 1.19. The van der Waals surface area contributed by atoms with Crippen molar-refractivity contribution in [3.05, 3.63) is 39.5 Å². The van der Waals surface area contributed by atoms with Crippen LogP contribution in [0.4, 0.5) is 5.69 Å². The Morgan fingerprint density at radius 2 is 2.00 bits per heavy atom. The average Bonchev–Trinajstić information content (AvgIpc) is 2.48. The van der Waals surface area contributed by atoms with Crippen LogP contribution in [-0.4, -0.2) is 19.0 Å². The van der Waals surface area contributed by atoms with Crippen LogP contribution in [0, 0.1) is 3.57 Å². The van der Waals surface area contributed by atoms with Crippen molar-refractivity contribution in [3.8, 4) is 0 Å². The number of benzene rings is 1. The van der Waals surface area contributed by atoms with E-state index in [0.717, 1.165) is 18.7 Å². The van der Waals surface area contributed by atoms with Gasteiger partial charge in [-0.05, 0) is 79.0 Å². The van der Waals surface area contributed by atoms with Crippen molar-refractivity contribution in [2.45, 2.75) is 32.1 Å². The molecule has 1 aliphatic rings. The van der Waals surface area contributed by atoms with Crippen molar-refractivity contribution < 1.29 is 4.79 Å². The van der Waals surface area contributed by atoms with E-state index in [1.807, 2.05) is 24.3 Å². The summed E-state index contributed by atoms with van der Waals surface area (Å²) in [5, 5.41) is 6.10. The third-order valence-electron chi connectivity index (χ3n) is 3.45. The Kier molecular flexibility index (Phi) is 6.36. The van der Waals surface area contributed by atoms with Gasteiger partial charge < -0.3 is 10.6 Å². The lowest BCUT2D eigenvalue weighted by Crippen LogP contribution is -2.30.